The number of Topliss-reactive ketones (excluding diaryl/α,β-unsaturated/α-hetero) is 1. The summed E-state index contributed by atoms with van der Waals surface area (Å²) in [6, 6.07) is -0.399. The van der Waals surface area contributed by atoms with Crippen molar-refractivity contribution in [2.75, 3.05) is 13.6 Å². The number of likely N-dealkylation sites (N-methyl/N-ethyl adjacent to an activating group) is 1. The first-order valence-corrected chi connectivity index (χ1v) is 3.77. The van der Waals surface area contributed by atoms with Crippen LogP contribution in [0.1, 0.15) is 6.92 Å². The highest BCUT2D eigenvalue weighted by Gasteiger charge is 2.32. The molecule has 1 rings (SSSR count). The number of nitrogens with one attached hydrogen (secondary N) is 2. The molecule has 12 heavy (non-hydrogen) atoms. The van der Waals surface area contributed by atoms with Gasteiger partial charge in [0.25, 0.3) is 0 Å². The lowest BCUT2D eigenvalue weighted by molar-refractivity contribution is -0.120. The van der Waals surface area contributed by atoms with Crippen LogP contribution < -0.4 is 10.6 Å². The molecule has 0 aromatic carbocycles. The predicted octanol–water partition coefficient (Wildman–Crippen LogP) is -0.728. The van der Waals surface area contributed by atoms with E-state index in [1.165, 1.54) is 6.92 Å². The molecule has 2 unspecified atom stereocenters. The zero-order chi connectivity index (χ0) is 9.14. The molecule has 2 atom stereocenters. The van der Waals surface area contributed by atoms with Gasteiger partial charge in [0.2, 0.25) is 0 Å². The fourth-order valence-electron chi connectivity index (χ4n) is 1.24. The van der Waals surface area contributed by atoms with Crippen molar-refractivity contribution >= 4 is 11.9 Å². The summed E-state index contributed by atoms with van der Waals surface area (Å²) in [4.78, 5) is 21.6. The minimum Gasteiger partial charge on any atom is -0.442 e. The largest absolute Gasteiger partial charge is 0.442 e. The second-order valence-electron chi connectivity index (χ2n) is 2.70. The fourth-order valence-corrected chi connectivity index (χ4v) is 1.24. The average Bonchev–Trinajstić information content (AvgIpc) is 2.37. The quantitative estimate of drug-likeness (QED) is 0.589. The second kappa shape index (κ2) is 3.53. The van der Waals surface area contributed by atoms with Crippen LogP contribution in [0.2, 0.25) is 0 Å². The third-order valence-electron chi connectivity index (χ3n) is 1.83. The number of rotatable bonds is 3. The van der Waals surface area contributed by atoms with Gasteiger partial charge in [0.1, 0.15) is 12.1 Å². The Labute approximate surface area is 70.5 Å². The van der Waals surface area contributed by atoms with Crippen LogP contribution in [0, 0.1) is 0 Å². The molecule has 0 aliphatic carbocycles. The minimum atomic E-state index is -0.457. The maximum atomic E-state index is 11.0. The first-order valence-electron chi connectivity index (χ1n) is 3.77. The number of cyclic esters (lactones) is 1. The van der Waals surface area contributed by atoms with E-state index >= 15 is 0 Å². The Morgan fingerprint density at radius 1 is 1.83 bits per heavy atom. The van der Waals surface area contributed by atoms with E-state index in [2.05, 4.69) is 10.6 Å². The van der Waals surface area contributed by atoms with Gasteiger partial charge in [-0.2, -0.15) is 0 Å². The normalized spacial score (nSPS) is 24.5. The number of ketones is 1. The Morgan fingerprint density at radius 3 is 2.83 bits per heavy atom. The van der Waals surface area contributed by atoms with E-state index in [1.54, 1.807) is 7.05 Å². The molecule has 1 aliphatic rings. The molecule has 0 aromatic rings. The summed E-state index contributed by atoms with van der Waals surface area (Å²) in [5, 5.41) is 5.28. The molecule has 68 valence electrons. The second-order valence-corrected chi connectivity index (χ2v) is 2.70. The number of hydrogen-bond donors (Lipinski definition) is 2. The van der Waals surface area contributed by atoms with Crippen LogP contribution in [-0.2, 0) is 9.53 Å². The van der Waals surface area contributed by atoms with Crippen molar-refractivity contribution in [1.82, 2.24) is 10.6 Å². The van der Waals surface area contributed by atoms with Gasteiger partial charge in [0, 0.05) is 0 Å². The molecular weight excluding hydrogens is 160 g/mol. The molecule has 0 radical (unpaired) electrons. The number of alkyl carbamates (subject to hydrolysis) is 1. The van der Waals surface area contributed by atoms with E-state index < -0.39 is 12.1 Å². The number of amides is 1. The Hall–Kier alpha value is -1.10. The van der Waals surface area contributed by atoms with Crippen molar-refractivity contribution in [3.05, 3.63) is 0 Å². The van der Waals surface area contributed by atoms with Gasteiger partial charge in [-0.05, 0) is 14.0 Å². The van der Waals surface area contributed by atoms with Crippen molar-refractivity contribution in [3.8, 4) is 0 Å². The number of hydrogen-bond acceptors (Lipinski definition) is 4. The lowest BCUT2D eigenvalue weighted by Gasteiger charge is -2.17. The standard InChI is InChI=1S/C7H12N2O3/c1-4(10)6(8-2)5-3-9-7(11)12-5/h5-6,8H,3H2,1-2H3,(H,9,11). The van der Waals surface area contributed by atoms with Gasteiger partial charge in [-0.15, -0.1) is 0 Å². The Bertz CT molecular complexity index is 205. The highest BCUT2D eigenvalue weighted by molar-refractivity contribution is 5.83. The maximum absolute atomic E-state index is 11.0. The zero-order valence-electron chi connectivity index (χ0n) is 7.09. The van der Waals surface area contributed by atoms with Gasteiger partial charge in [-0.25, -0.2) is 4.79 Å². The summed E-state index contributed by atoms with van der Waals surface area (Å²) in [6.07, 6.45) is -0.832. The molecule has 1 saturated heterocycles. The first-order chi connectivity index (χ1) is 5.65. The zero-order valence-corrected chi connectivity index (χ0v) is 7.09. The third-order valence-corrected chi connectivity index (χ3v) is 1.83. The summed E-state index contributed by atoms with van der Waals surface area (Å²) in [5.41, 5.74) is 0. The molecule has 2 N–H and O–H groups in total. The van der Waals surface area contributed by atoms with Crippen molar-refractivity contribution in [2.45, 2.75) is 19.1 Å². The van der Waals surface area contributed by atoms with E-state index in [0.29, 0.717) is 6.54 Å². The van der Waals surface area contributed by atoms with Gasteiger partial charge in [-0.3, -0.25) is 4.79 Å². The average molecular weight is 172 g/mol. The summed E-state index contributed by atoms with van der Waals surface area (Å²) in [6.45, 7) is 1.86. The molecule has 1 fully saturated rings. The first kappa shape index (κ1) is 8.99. The molecule has 1 heterocycles. The minimum absolute atomic E-state index is 0.0287. The highest BCUT2D eigenvalue weighted by Crippen LogP contribution is 2.05. The van der Waals surface area contributed by atoms with Crippen molar-refractivity contribution < 1.29 is 14.3 Å². The van der Waals surface area contributed by atoms with Gasteiger partial charge in [-0.1, -0.05) is 0 Å². The maximum Gasteiger partial charge on any atom is 0.407 e. The highest BCUT2D eigenvalue weighted by atomic mass is 16.6. The molecule has 1 aliphatic heterocycles. The van der Waals surface area contributed by atoms with Gasteiger partial charge in [0.15, 0.2) is 5.78 Å². The molecule has 0 spiro atoms. The SMILES string of the molecule is CNC(C(C)=O)C1CNC(=O)O1. The predicted molar refractivity (Wildman–Crippen MR) is 41.8 cm³/mol. The number of carbonyl (C=O) groups is 2. The van der Waals surface area contributed by atoms with Crippen molar-refractivity contribution in [1.29, 1.82) is 0 Å². The Kier molecular flexibility index (Phi) is 2.65. The summed E-state index contributed by atoms with van der Waals surface area (Å²) < 4.78 is 4.84. The molecule has 5 nitrogen and oxygen atoms in total. The van der Waals surface area contributed by atoms with Gasteiger partial charge in [0.05, 0.1) is 6.54 Å². The molecular formula is C7H12N2O3. The smallest absolute Gasteiger partial charge is 0.407 e. The van der Waals surface area contributed by atoms with Crippen LogP contribution in [0.5, 0.6) is 0 Å². The summed E-state index contributed by atoms with van der Waals surface area (Å²) in [5.74, 6) is -0.0287. The molecule has 5 heteroatoms. The fraction of sp³-hybridized carbons (Fsp3) is 0.714. The van der Waals surface area contributed by atoms with E-state index in [9.17, 15) is 9.59 Å². The van der Waals surface area contributed by atoms with E-state index in [1.807, 2.05) is 0 Å². The monoisotopic (exact) mass is 172 g/mol. The summed E-state index contributed by atoms with van der Waals surface area (Å²) >= 11 is 0. The number of carbonyl (C=O) groups excluding carboxylic acids is 2. The van der Waals surface area contributed by atoms with Crippen LogP contribution in [-0.4, -0.2) is 37.6 Å². The van der Waals surface area contributed by atoms with Crippen molar-refractivity contribution in [3.63, 3.8) is 0 Å². The van der Waals surface area contributed by atoms with Gasteiger partial charge < -0.3 is 15.4 Å². The van der Waals surface area contributed by atoms with Crippen molar-refractivity contribution in [2.24, 2.45) is 0 Å². The van der Waals surface area contributed by atoms with E-state index in [4.69, 9.17) is 4.74 Å². The third kappa shape index (κ3) is 1.73. The lowest BCUT2D eigenvalue weighted by Crippen LogP contribution is -2.44. The molecule has 0 aromatic heterocycles. The van der Waals surface area contributed by atoms with Crippen LogP contribution in [0.3, 0.4) is 0 Å². The molecule has 1 amide bonds. The molecule has 0 saturated carbocycles. The lowest BCUT2D eigenvalue weighted by atomic mass is 10.1. The van der Waals surface area contributed by atoms with E-state index in [0.717, 1.165) is 0 Å². The number of ether oxygens (including phenoxy) is 1. The van der Waals surface area contributed by atoms with Crippen LogP contribution in [0.4, 0.5) is 4.79 Å². The van der Waals surface area contributed by atoms with Gasteiger partial charge >= 0.3 is 6.09 Å². The van der Waals surface area contributed by atoms with Crippen LogP contribution in [0.15, 0.2) is 0 Å². The Morgan fingerprint density at radius 2 is 2.50 bits per heavy atom. The topological polar surface area (TPSA) is 67.4 Å². The molecule has 0 bridgehead atoms. The summed E-state index contributed by atoms with van der Waals surface area (Å²) in [7, 11) is 1.66. The van der Waals surface area contributed by atoms with Crippen LogP contribution in [0.25, 0.3) is 0 Å². The van der Waals surface area contributed by atoms with Crippen LogP contribution >= 0.6 is 0 Å². The van der Waals surface area contributed by atoms with E-state index in [-0.39, 0.29) is 11.9 Å². The Balaban J connectivity index is 2.55.